The van der Waals surface area contributed by atoms with Crippen molar-refractivity contribution < 1.29 is 4.74 Å². The SMILES string of the molecule is Clc1ccc(Cl)c(Nc2nc(N3CCOCC3)c3ccccc3n2)c1. The molecule has 2 aromatic carbocycles. The van der Waals surface area contributed by atoms with Crippen molar-refractivity contribution in [2.24, 2.45) is 0 Å². The van der Waals surface area contributed by atoms with Gasteiger partial charge >= 0.3 is 0 Å². The maximum Gasteiger partial charge on any atom is 0.229 e. The van der Waals surface area contributed by atoms with Gasteiger partial charge in [-0.05, 0) is 30.3 Å². The first-order chi connectivity index (χ1) is 12.2. The molecule has 1 aromatic heterocycles. The first-order valence-electron chi connectivity index (χ1n) is 8.02. The van der Waals surface area contributed by atoms with Crippen LogP contribution in [0.15, 0.2) is 42.5 Å². The highest BCUT2D eigenvalue weighted by atomic mass is 35.5. The molecule has 0 amide bonds. The molecule has 25 heavy (non-hydrogen) atoms. The van der Waals surface area contributed by atoms with Crippen molar-refractivity contribution >= 4 is 51.6 Å². The summed E-state index contributed by atoms with van der Waals surface area (Å²) in [7, 11) is 0. The van der Waals surface area contributed by atoms with Crippen LogP contribution in [0.3, 0.4) is 0 Å². The topological polar surface area (TPSA) is 50.3 Å². The zero-order chi connectivity index (χ0) is 17.2. The molecular weight excluding hydrogens is 359 g/mol. The molecule has 0 radical (unpaired) electrons. The van der Waals surface area contributed by atoms with E-state index in [4.69, 9.17) is 32.9 Å². The van der Waals surface area contributed by atoms with Crippen molar-refractivity contribution in [3.05, 3.63) is 52.5 Å². The van der Waals surface area contributed by atoms with Gasteiger partial charge in [0.05, 0.1) is 29.4 Å². The number of aromatic nitrogens is 2. The number of para-hydroxylation sites is 1. The largest absolute Gasteiger partial charge is 0.378 e. The Morgan fingerprint density at radius 3 is 2.64 bits per heavy atom. The fraction of sp³-hybridized carbons (Fsp3) is 0.222. The van der Waals surface area contributed by atoms with Gasteiger partial charge in [0.15, 0.2) is 0 Å². The Kier molecular flexibility index (Phi) is 4.61. The van der Waals surface area contributed by atoms with Crippen LogP contribution in [0.4, 0.5) is 17.5 Å². The van der Waals surface area contributed by atoms with Crippen LogP contribution in [0.1, 0.15) is 0 Å². The maximum absolute atomic E-state index is 6.25. The lowest BCUT2D eigenvalue weighted by Crippen LogP contribution is -2.37. The Morgan fingerprint density at radius 2 is 1.80 bits per heavy atom. The standard InChI is InChI=1S/C18H16Cl2N4O/c19-12-5-6-14(20)16(11-12)22-18-21-15-4-2-1-3-13(15)17(23-18)24-7-9-25-10-8-24/h1-6,11H,7-10H2,(H,21,22,23). The van der Waals surface area contributed by atoms with Crippen molar-refractivity contribution in [2.75, 3.05) is 36.5 Å². The molecule has 1 N–H and O–H groups in total. The van der Waals surface area contributed by atoms with E-state index in [2.05, 4.69) is 15.2 Å². The zero-order valence-electron chi connectivity index (χ0n) is 13.4. The normalized spacial score (nSPS) is 14.7. The lowest BCUT2D eigenvalue weighted by atomic mass is 10.2. The molecule has 0 spiro atoms. The van der Waals surface area contributed by atoms with E-state index in [1.54, 1.807) is 18.2 Å². The summed E-state index contributed by atoms with van der Waals surface area (Å²) in [6.07, 6.45) is 0. The molecule has 1 aliphatic heterocycles. The van der Waals surface area contributed by atoms with E-state index in [1.165, 1.54) is 0 Å². The molecule has 4 rings (SSSR count). The minimum Gasteiger partial charge on any atom is -0.378 e. The predicted octanol–water partition coefficient (Wildman–Crippen LogP) is 4.52. The zero-order valence-corrected chi connectivity index (χ0v) is 14.9. The molecule has 1 fully saturated rings. The van der Waals surface area contributed by atoms with E-state index in [0.29, 0.717) is 34.9 Å². The monoisotopic (exact) mass is 374 g/mol. The third kappa shape index (κ3) is 3.49. The fourth-order valence-corrected chi connectivity index (χ4v) is 3.18. The van der Waals surface area contributed by atoms with Crippen molar-refractivity contribution in [1.82, 2.24) is 9.97 Å². The summed E-state index contributed by atoms with van der Waals surface area (Å²) in [6.45, 7) is 3.00. The molecule has 5 nitrogen and oxygen atoms in total. The van der Waals surface area contributed by atoms with Crippen LogP contribution in [0.2, 0.25) is 10.0 Å². The number of hydrogen-bond donors (Lipinski definition) is 1. The van der Waals surface area contributed by atoms with Crippen molar-refractivity contribution in [2.45, 2.75) is 0 Å². The summed E-state index contributed by atoms with van der Waals surface area (Å²) in [4.78, 5) is 11.6. The summed E-state index contributed by atoms with van der Waals surface area (Å²) in [5.41, 5.74) is 1.55. The molecule has 7 heteroatoms. The Labute approximate surface area is 155 Å². The Morgan fingerprint density at radius 1 is 1.00 bits per heavy atom. The first kappa shape index (κ1) is 16.4. The molecule has 0 atom stereocenters. The lowest BCUT2D eigenvalue weighted by molar-refractivity contribution is 0.122. The maximum atomic E-state index is 6.25. The average Bonchev–Trinajstić information content (AvgIpc) is 2.65. The highest BCUT2D eigenvalue weighted by Crippen LogP contribution is 2.30. The molecule has 1 saturated heterocycles. The van der Waals surface area contributed by atoms with Gasteiger partial charge in [-0.1, -0.05) is 35.3 Å². The summed E-state index contributed by atoms with van der Waals surface area (Å²) in [5, 5.41) is 5.37. The second-order valence-corrected chi connectivity index (χ2v) is 6.58. The van der Waals surface area contributed by atoms with Gasteiger partial charge < -0.3 is 15.0 Å². The third-order valence-electron chi connectivity index (χ3n) is 4.07. The van der Waals surface area contributed by atoms with Gasteiger partial charge in [-0.25, -0.2) is 4.98 Å². The van der Waals surface area contributed by atoms with Crippen molar-refractivity contribution in [3.63, 3.8) is 0 Å². The Balaban J connectivity index is 1.77. The van der Waals surface area contributed by atoms with E-state index in [9.17, 15) is 0 Å². The van der Waals surface area contributed by atoms with Crippen LogP contribution >= 0.6 is 23.2 Å². The van der Waals surface area contributed by atoms with Crippen LogP contribution in [0, 0.1) is 0 Å². The number of rotatable bonds is 3. The molecule has 2 heterocycles. The van der Waals surface area contributed by atoms with Gasteiger partial charge in [-0.2, -0.15) is 4.98 Å². The molecular formula is C18H16Cl2N4O. The van der Waals surface area contributed by atoms with Crippen LogP contribution in [0.25, 0.3) is 10.9 Å². The number of morpholine rings is 1. The van der Waals surface area contributed by atoms with Crippen LogP contribution < -0.4 is 10.2 Å². The molecule has 1 aliphatic rings. The summed E-state index contributed by atoms with van der Waals surface area (Å²) in [5.74, 6) is 1.39. The van der Waals surface area contributed by atoms with E-state index in [1.807, 2.05) is 24.3 Å². The minimum atomic E-state index is 0.490. The lowest BCUT2D eigenvalue weighted by Gasteiger charge is -2.29. The number of nitrogens with one attached hydrogen (secondary N) is 1. The summed E-state index contributed by atoms with van der Waals surface area (Å²) in [6, 6.07) is 13.2. The van der Waals surface area contributed by atoms with E-state index in [-0.39, 0.29) is 0 Å². The van der Waals surface area contributed by atoms with Crippen LogP contribution in [0.5, 0.6) is 0 Å². The average molecular weight is 375 g/mol. The molecule has 128 valence electrons. The van der Waals surface area contributed by atoms with Gasteiger partial charge in [0.25, 0.3) is 0 Å². The van der Waals surface area contributed by atoms with Gasteiger partial charge in [0.2, 0.25) is 5.95 Å². The number of halogens is 2. The number of fused-ring (bicyclic) bond motifs is 1. The van der Waals surface area contributed by atoms with Crippen molar-refractivity contribution in [3.8, 4) is 0 Å². The Bertz CT molecular complexity index is 913. The second-order valence-electron chi connectivity index (χ2n) is 5.74. The number of anilines is 3. The van der Waals surface area contributed by atoms with Gasteiger partial charge in [0, 0.05) is 23.5 Å². The molecule has 0 saturated carbocycles. The van der Waals surface area contributed by atoms with Gasteiger partial charge in [0.1, 0.15) is 5.82 Å². The molecule has 3 aromatic rings. The third-order valence-corrected chi connectivity index (χ3v) is 4.63. The number of ether oxygens (including phenoxy) is 1. The van der Waals surface area contributed by atoms with Crippen LogP contribution in [-0.4, -0.2) is 36.3 Å². The Hall–Kier alpha value is -2.08. The fourth-order valence-electron chi connectivity index (χ4n) is 2.85. The van der Waals surface area contributed by atoms with Crippen molar-refractivity contribution in [1.29, 1.82) is 0 Å². The first-order valence-corrected chi connectivity index (χ1v) is 8.78. The number of hydrogen-bond acceptors (Lipinski definition) is 5. The predicted molar refractivity (Wildman–Crippen MR) is 102 cm³/mol. The smallest absolute Gasteiger partial charge is 0.229 e. The van der Waals surface area contributed by atoms with Crippen LogP contribution in [-0.2, 0) is 4.74 Å². The highest BCUT2D eigenvalue weighted by Gasteiger charge is 2.17. The highest BCUT2D eigenvalue weighted by molar-refractivity contribution is 6.35. The summed E-state index contributed by atoms with van der Waals surface area (Å²) >= 11 is 12.3. The molecule has 0 aliphatic carbocycles. The minimum absolute atomic E-state index is 0.490. The van der Waals surface area contributed by atoms with E-state index >= 15 is 0 Å². The number of nitrogens with zero attached hydrogens (tertiary/aromatic N) is 3. The second kappa shape index (κ2) is 7.04. The molecule has 0 bridgehead atoms. The quantitative estimate of drug-likeness (QED) is 0.730. The number of benzene rings is 2. The van der Waals surface area contributed by atoms with E-state index in [0.717, 1.165) is 29.8 Å². The molecule has 0 unspecified atom stereocenters. The van der Waals surface area contributed by atoms with E-state index < -0.39 is 0 Å². The summed E-state index contributed by atoms with van der Waals surface area (Å²) < 4.78 is 5.46. The van der Waals surface area contributed by atoms with Gasteiger partial charge in [-0.3, -0.25) is 0 Å². The van der Waals surface area contributed by atoms with Gasteiger partial charge in [-0.15, -0.1) is 0 Å².